The van der Waals surface area contributed by atoms with Gasteiger partial charge in [0.25, 0.3) is 0 Å². The van der Waals surface area contributed by atoms with Gasteiger partial charge in [-0.3, -0.25) is 4.90 Å². The van der Waals surface area contributed by atoms with Crippen LogP contribution in [-0.4, -0.2) is 35.7 Å². The number of hydrogen-bond donors (Lipinski definition) is 1. The van der Waals surface area contributed by atoms with Crippen molar-refractivity contribution in [3.63, 3.8) is 0 Å². The Bertz CT molecular complexity index is 372. The van der Waals surface area contributed by atoms with Crippen LogP contribution in [0, 0.1) is 12.8 Å². The number of hydrogen-bond acceptors (Lipinski definition) is 4. The molecule has 3 rings (SSSR count). The zero-order valence-electron chi connectivity index (χ0n) is 10.5. The van der Waals surface area contributed by atoms with Crippen LogP contribution >= 0.6 is 0 Å². The molecule has 1 aromatic rings. The second kappa shape index (κ2) is 4.78. The van der Waals surface area contributed by atoms with Gasteiger partial charge in [0, 0.05) is 18.7 Å². The lowest BCUT2D eigenvalue weighted by Gasteiger charge is -2.23. The van der Waals surface area contributed by atoms with Crippen LogP contribution in [0.3, 0.4) is 0 Å². The van der Waals surface area contributed by atoms with E-state index in [1.54, 1.807) is 0 Å². The molecule has 0 bridgehead atoms. The SMILES string of the molecule is Cc1cc(CN2CCCNC(C3CC3)C2)on1. The van der Waals surface area contributed by atoms with E-state index >= 15 is 0 Å². The third-order valence-corrected chi connectivity index (χ3v) is 3.76. The average Bonchev–Trinajstić information content (AvgIpc) is 3.07. The van der Waals surface area contributed by atoms with Crippen molar-refractivity contribution in [1.82, 2.24) is 15.4 Å². The molecule has 2 aliphatic rings. The molecule has 94 valence electrons. The van der Waals surface area contributed by atoms with Crippen molar-refractivity contribution in [2.24, 2.45) is 5.92 Å². The number of nitrogens with zero attached hydrogens (tertiary/aromatic N) is 2. The summed E-state index contributed by atoms with van der Waals surface area (Å²) < 4.78 is 5.31. The normalized spacial score (nSPS) is 27.0. The predicted octanol–water partition coefficient (Wildman–Crippen LogP) is 1.56. The van der Waals surface area contributed by atoms with E-state index in [4.69, 9.17) is 4.52 Å². The molecule has 1 atom stereocenters. The lowest BCUT2D eigenvalue weighted by molar-refractivity contribution is 0.221. The molecule has 0 aromatic carbocycles. The summed E-state index contributed by atoms with van der Waals surface area (Å²) in [6, 6.07) is 2.74. The van der Waals surface area contributed by atoms with Crippen LogP contribution in [0.5, 0.6) is 0 Å². The first kappa shape index (κ1) is 11.2. The molecule has 1 saturated heterocycles. The van der Waals surface area contributed by atoms with Crippen LogP contribution in [0.1, 0.15) is 30.7 Å². The van der Waals surface area contributed by atoms with Crippen LogP contribution in [0.2, 0.25) is 0 Å². The molecule has 1 aromatic heterocycles. The molecule has 4 heteroatoms. The van der Waals surface area contributed by atoms with Crippen LogP contribution in [0.4, 0.5) is 0 Å². The summed E-state index contributed by atoms with van der Waals surface area (Å²) in [6.45, 7) is 6.36. The van der Waals surface area contributed by atoms with Crippen molar-refractivity contribution in [1.29, 1.82) is 0 Å². The lowest BCUT2D eigenvalue weighted by atomic mass is 10.2. The van der Waals surface area contributed by atoms with E-state index in [0.717, 1.165) is 43.6 Å². The van der Waals surface area contributed by atoms with Gasteiger partial charge in [-0.25, -0.2) is 0 Å². The van der Waals surface area contributed by atoms with Gasteiger partial charge < -0.3 is 9.84 Å². The van der Waals surface area contributed by atoms with Gasteiger partial charge in [0.15, 0.2) is 5.76 Å². The molecule has 4 nitrogen and oxygen atoms in total. The molecule has 1 N–H and O–H groups in total. The summed E-state index contributed by atoms with van der Waals surface area (Å²) in [6.07, 6.45) is 4.05. The fraction of sp³-hybridized carbons (Fsp3) is 0.769. The van der Waals surface area contributed by atoms with Crippen LogP contribution < -0.4 is 5.32 Å². The molecule has 1 aliphatic heterocycles. The molecule has 0 amide bonds. The highest BCUT2D eigenvalue weighted by molar-refractivity contribution is 5.03. The van der Waals surface area contributed by atoms with Gasteiger partial charge in [-0.2, -0.15) is 0 Å². The molecular weight excluding hydrogens is 214 g/mol. The van der Waals surface area contributed by atoms with Gasteiger partial charge in [-0.1, -0.05) is 5.16 Å². The minimum atomic E-state index is 0.696. The van der Waals surface area contributed by atoms with Crippen molar-refractivity contribution < 1.29 is 4.52 Å². The predicted molar refractivity (Wildman–Crippen MR) is 65.6 cm³/mol. The summed E-state index contributed by atoms with van der Waals surface area (Å²) in [7, 11) is 0. The Hall–Kier alpha value is -0.870. The van der Waals surface area contributed by atoms with E-state index < -0.39 is 0 Å². The monoisotopic (exact) mass is 235 g/mol. The topological polar surface area (TPSA) is 41.3 Å². The lowest BCUT2D eigenvalue weighted by Crippen LogP contribution is -2.38. The smallest absolute Gasteiger partial charge is 0.150 e. The molecule has 17 heavy (non-hydrogen) atoms. The number of aryl methyl sites for hydroxylation is 1. The van der Waals surface area contributed by atoms with Gasteiger partial charge in [0.05, 0.1) is 12.2 Å². The Balaban J connectivity index is 1.60. The molecule has 1 saturated carbocycles. The first-order chi connectivity index (χ1) is 8.31. The van der Waals surface area contributed by atoms with E-state index in [2.05, 4.69) is 15.4 Å². The highest BCUT2D eigenvalue weighted by Crippen LogP contribution is 2.33. The summed E-state index contributed by atoms with van der Waals surface area (Å²) in [4.78, 5) is 2.50. The van der Waals surface area contributed by atoms with Gasteiger partial charge in [-0.15, -0.1) is 0 Å². The first-order valence-corrected chi connectivity index (χ1v) is 6.69. The second-order valence-corrected chi connectivity index (χ2v) is 5.42. The van der Waals surface area contributed by atoms with E-state index in [0.29, 0.717) is 6.04 Å². The van der Waals surface area contributed by atoms with Crippen molar-refractivity contribution in [3.8, 4) is 0 Å². The van der Waals surface area contributed by atoms with E-state index in [-0.39, 0.29) is 0 Å². The van der Waals surface area contributed by atoms with E-state index in [1.807, 2.05) is 13.0 Å². The minimum absolute atomic E-state index is 0.696. The molecule has 1 unspecified atom stereocenters. The van der Waals surface area contributed by atoms with Crippen LogP contribution in [0.25, 0.3) is 0 Å². The number of nitrogens with one attached hydrogen (secondary N) is 1. The third kappa shape index (κ3) is 2.87. The maximum atomic E-state index is 5.31. The Morgan fingerprint density at radius 2 is 2.41 bits per heavy atom. The van der Waals surface area contributed by atoms with Gasteiger partial charge in [0.2, 0.25) is 0 Å². The Morgan fingerprint density at radius 1 is 1.53 bits per heavy atom. The maximum Gasteiger partial charge on any atom is 0.150 e. The number of rotatable bonds is 3. The molecule has 0 spiro atoms. The van der Waals surface area contributed by atoms with E-state index in [1.165, 1.54) is 19.3 Å². The van der Waals surface area contributed by atoms with Crippen molar-refractivity contribution in [2.75, 3.05) is 19.6 Å². The highest BCUT2D eigenvalue weighted by Gasteiger charge is 2.33. The number of aromatic nitrogens is 1. The second-order valence-electron chi connectivity index (χ2n) is 5.42. The van der Waals surface area contributed by atoms with Crippen molar-refractivity contribution in [3.05, 3.63) is 17.5 Å². The highest BCUT2D eigenvalue weighted by atomic mass is 16.5. The third-order valence-electron chi connectivity index (χ3n) is 3.76. The van der Waals surface area contributed by atoms with Gasteiger partial charge in [-0.05, 0) is 45.2 Å². The Labute approximate surface area is 102 Å². The Morgan fingerprint density at radius 3 is 3.12 bits per heavy atom. The molecule has 2 heterocycles. The fourth-order valence-electron chi connectivity index (χ4n) is 2.69. The molecular formula is C13H21N3O. The fourth-order valence-corrected chi connectivity index (χ4v) is 2.69. The Kier molecular flexibility index (Phi) is 3.16. The van der Waals surface area contributed by atoms with Gasteiger partial charge >= 0.3 is 0 Å². The minimum Gasteiger partial charge on any atom is -0.360 e. The quantitative estimate of drug-likeness (QED) is 0.863. The van der Waals surface area contributed by atoms with Crippen molar-refractivity contribution >= 4 is 0 Å². The maximum absolute atomic E-state index is 5.31. The average molecular weight is 235 g/mol. The molecule has 2 fully saturated rings. The van der Waals surface area contributed by atoms with Crippen LogP contribution in [-0.2, 0) is 6.54 Å². The largest absolute Gasteiger partial charge is 0.360 e. The molecule has 1 aliphatic carbocycles. The summed E-state index contributed by atoms with van der Waals surface area (Å²) in [5.41, 5.74) is 0.978. The van der Waals surface area contributed by atoms with Crippen LogP contribution in [0.15, 0.2) is 10.6 Å². The first-order valence-electron chi connectivity index (χ1n) is 6.69. The van der Waals surface area contributed by atoms with E-state index in [9.17, 15) is 0 Å². The molecule has 0 radical (unpaired) electrons. The summed E-state index contributed by atoms with van der Waals surface area (Å²) in [5, 5.41) is 7.63. The zero-order chi connectivity index (χ0) is 11.7. The standard InChI is InChI=1S/C13H21N3O/c1-10-7-12(17-15-10)8-16-6-2-5-14-13(9-16)11-3-4-11/h7,11,13-14H,2-6,8-9H2,1H3. The van der Waals surface area contributed by atoms with Crippen molar-refractivity contribution in [2.45, 2.75) is 38.8 Å². The zero-order valence-corrected chi connectivity index (χ0v) is 10.5. The summed E-state index contributed by atoms with van der Waals surface area (Å²) in [5.74, 6) is 1.92. The summed E-state index contributed by atoms with van der Waals surface area (Å²) >= 11 is 0. The van der Waals surface area contributed by atoms with Gasteiger partial charge in [0.1, 0.15) is 0 Å².